The van der Waals surface area contributed by atoms with Crippen molar-refractivity contribution in [1.29, 1.82) is 0 Å². The van der Waals surface area contributed by atoms with Crippen molar-refractivity contribution in [3.05, 3.63) is 24.0 Å². The maximum Gasteiger partial charge on any atom is 0.0443 e. The highest BCUT2D eigenvalue weighted by atomic mass is 15.2. The van der Waals surface area contributed by atoms with E-state index in [-0.39, 0.29) is 0 Å². The SMILES string of the molecule is CC1CN(c2ccncc2CNC2CC2)CC1N(C)C. The maximum atomic E-state index is 4.31. The molecule has 0 radical (unpaired) electrons. The Hall–Kier alpha value is -1.13. The third-order valence-corrected chi connectivity index (χ3v) is 4.61. The molecule has 1 saturated heterocycles. The van der Waals surface area contributed by atoms with E-state index in [1.165, 1.54) is 24.1 Å². The van der Waals surface area contributed by atoms with Crippen LogP contribution in [0.15, 0.2) is 18.5 Å². The van der Waals surface area contributed by atoms with Crippen molar-refractivity contribution in [3.63, 3.8) is 0 Å². The van der Waals surface area contributed by atoms with Crippen molar-refractivity contribution in [2.75, 3.05) is 32.1 Å². The van der Waals surface area contributed by atoms with Gasteiger partial charge in [0, 0.05) is 55.4 Å². The lowest BCUT2D eigenvalue weighted by Gasteiger charge is -2.24. The Balaban J connectivity index is 1.72. The quantitative estimate of drug-likeness (QED) is 0.886. The fraction of sp³-hybridized carbons (Fsp3) is 0.688. The van der Waals surface area contributed by atoms with Gasteiger partial charge in [0.25, 0.3) is 0 Å². The Morgan fingerprint density at radius 3 is 2.80 bits per heavy atom. The second kappa shape index (κ2) is 5.70. The average molecular weight is 274 g/mol. The zero-order valence-electron chi connectivity index (χ0n) is 12.8. The van der Waals surface area contributed by atoms with E-state index in [2.05, 4.69) is 47.2 Å². The van der Waals surface area contributed by atoms with Crippen molar-refractivity contribution in [1.82, 2.24) is 15.2 Å². The van der Waals surface area contributed by atoms with Gasteiger partial charge in [0.05, 0.1) is 0 Å². The molecule has 1 aromatic rings. The zero-order chi connectivity index (χ0) is 14.1. The van der Waals surface area contributed by atoms with Crippen molar-refractivity contribution in [3.8, 4) is 0 Å². The molecule has 0 aromatic carbocycles. The highest BCUT2D eigenvalue weighted by Crippen LogP contribution is 2.29. The van der Waals surface area contributed by atoms with Crippen molar-refractivity contribution >= 4 is 5.69 Å². The van der Waals surface area contributed by atoms with Crippen LogP contribution in [0.5, 0.6) is 0 Å². The van der Waals surface area contributed by atoms with Gasteiger partial charge >= 0.3 is 0 Å². The van der Waals surface area contributed by atoms with E-state index in [0.29, 0.717) is 12.0 Å². The van der Waals surface area contributed by atoms with Crippen LogP contribution in [-0.4, -0.2) is 49.2 Å². The first kappa shape index (κ1) is 13.8. The van der Waals surface area contributed by atoms with Gasteiger partial charge in [0.2, 0.25) is 0 Å². The Morgan fingerprint density at radius 2 is 2.15 bits per heavy atom. The van der Waals surface area contributed by atoms with Crippen LogP contribution in [0.4, 0.5) is 5.69 Å². The monoisotopic (exact) mass is 274 g/mol. The van der Waals surface area contributed by atoms with E-state index in [9.17, 15) is 0 Å². The number of hydrogen-bond acceptors (Lipinski definition) is 4. The normalized spacial score (nSPS) is 26.5. The molecule has 2 unspecified atom stereocenters. The number of nitrogens with one attached hydrogen (secondary N) is 1. The first-order chi connectivity index (χ1) is 9.65. The summed E-state index contributed by atoms with van der Waals surface area (Å²) in [6, 6.07) is 3.57. The van der Waals surface area contributed by atoms with Crippen LogP contribution >= 0.6 is 0 Å². The Morgan fingerprint density at radius 1 is 1.35 bits per heavy atom. The lowest BCUT2D eigenvalue weighted by molar-refractivity contribution is 0.266. The lowest BCUT2D eigenvalue weighted by atomic mass is 10.1. The fourth-order valence-electron chi connectivity index (χ4n) is 3.22. The van der Waals surface area contributed by atoms with Gasteiger partial charge in [-0.2, -0.15) is 0 Å². The van der Waals surface area contributed by atoms with Gasteiger partial charge in [-0.3, -0.25) is 4.98 Å². The van der Waals surface area contributed by atoms with E-state index >= 15 is 0 Å². The van der Waals surface area contributed by atoms with Gasteiger partial charge in [-0.15, -0.1) is 0 Å². The second-order valence-electron chi connectivity index (χ2n) is 6.57. The molecule has 2 heterocycles. The number of hydrogen-bond donors (Lipinski definition) is 1. The predicted octanol–water partition coefficient (Wildman–Crippen LogP) is 1.72. The second-order valence-corrected chi connectivity index (χ2v) is 6.57. The molecule has 1 N–H and O–H groups in total. The minimum absolute atomic E-state index is 0.646. The van der Waals surface area contributed by atoms with E-state index in [1.807, 2.05) is 12.4 Å². The summed E-state index contributed by atoms with van der Waals surface area (Å²) < 4.78 is 0. The molecule has 20 heavy (non-hydrogen) atoms. The number of aromatic nitrogens is 1. The first-order valence-electron chi connectivity index (χ1n) is 7.73. The van der Waals surface area contributed by atoms with Crippen LogP contribution in [0, 0.1) is 5.92 Å². The number of likely N-dealkylation sites (N-methyl/N-ethyl adjacent to an activating group) is 1. The molecule has 2 atom stereocenters. The van der Waals surface area contributed by atoms with Crippen LogP contribution in [0.3, 0.4) is 0 Å². The largest absolute Gasteiger partial charge is 0.369 e. The summed E-state index contributed by atoms with van der Waals surface area (Å²) in [6.07, 6.45) is 6.61. The Labute approximate surface area is 122 Å². The average Bonchev–Trinajstić information content (AvgIpc) is 3.18. The molecule has 0 bridgehead atoms. The minimum Gasteiger partial charge on any atom is -0.369 e. The lowest BCUT2D eigenvalue weighted by Crippen LogP contribution is -2.34. The summed E-state index contributed by atoms with van der Waals surface area (Å²) in [5.41, 5.74) is 2.70. The third-order valence-electron chi connectivity index (χ3n) is 4.61. The number of pyridine rings is 1. The standard InChI is InChI=1S/C16H26N4/c1-12-10-20(11-16(12)19(2)3)15-6-7-17-8-13(15)9-18-14-4-5-14/h6-8,12,14,16,18H,4-5,9-11H2,1-3H3. The minimum atomic E-state index is 0.646. The summed E-state index contributed by atoms with van der Waals surface area (Å²) in [7, 11) is 4.37. The molecule has 0 amide bonds. The van der Waals surface area contributed by atoms with Crippen LogP contribution in [0.1, 0.15) is 25.3 Å². The van der Waals surface area contributed by atoms with E-state index < -0.39 is 0 Å². The predicted molar refractivity (Wildman–Crippen MR) is 83.0 cm³/mol. The van der Waals surface area contributed by atoms with Gasteiger partial charge in [-0.1, -0.05) is 6.92 Å². The summed E-state index contributed by atoms with van der Waals surface area (Å²) in [5.74, 6) is 0.711. The van der Waals surface area contributed by atoms with Crippen LogP contribution in [-0.2, 0) is 6.54 Å². The van der Waals surface area contributed by atoms with Crippen molar-refractivity contribution < 1.29 is 0 Å². The van der Waals surface area contributed by atoms with Crippen molar-refractivity contribution in [2.45, 2.75) is 38.4 Å². The number of anilines is 1. The molecule has 110 valence electrons. The number of nitrogens with zero attached hydrogens (tertiary/aromatic N) is 3. The molecular formula is C16H26N4. The molecule has 1 aliphatic carbocycles. The van der Waals surface area contributed by atoms with Crippen LogP contribution in [0.25, 0.3) is 0 Å². The summed E-state index contributed by atoms with van der Waals surface area (Å²) in [5, 5.41) is 3.60. The van der Waals surface area contributed by atoms with Crippen LogP contribution in [0.2, 0.25) is 0 Å². The van der Waals surface area contributed by atoms with E-state index in [4.69, 9.17) is 0 Å². The van der Waals surface area contributed by atoms with E-state index in [1.54, 1.807) is 0 Å². The maximum absolute atomic E-state index is 4.31. The Bertz CT molecular complexity index is 456. The highest BCUT2D eigenvalue weighted by molar-refractivity contribution is 5.53. The van der Waals surface area contributed by atoms with Gasteiger partial charge < -0.3 is 15.1 Å². The third kappa shape index (κ3) is 2.96. The molecule has 2 fully saturated rings. The molecule has 2 aliphatic rings. The van der Waals surface area contributed by atoms with Gasteiger partial charge in [-0.05, 0) is 38.9 Å². The zero-order valence-corrected chi connectivity index (χ0v) is 12.8. The first-order valence-corrected chi connectivity index (χ1v) is 7.73. The Kier molecular flexibility index (Phi) is 3.94. The topological polar surface area (TPSA) is 31.4 Å². The molecule has 4 nitrogen and oxygen atoms in total. The van der Waals surface area contributed by atoms with Gasteiger partial charge in [-0.25, -0.2) is 0 Å². The molecule has 3 rings (SSSR count). The molecule has 1 saturated carbocycles. The number of rotatable bonds is 5. The summed E-state index contributed by atoms with van der Waals surface area (Å²) in [4.78, 5) is 9.19. The molecule has 1 aliphatic heterocycles. The summed E-state index contributed by atoms with van der Waals surface area (Å²) in [6.45, 7) is 5.57. The smallest absolute Gasteiger partial charge is 0.0443 e. The van der Waals surface area contributed by atoms with E-state index in [0.717, 1.165) is 25.7 Å². The van der Waals surface area contributed by atoms with Crippen LogP contribution < -0.4 is 10.2 Å². The fourth-order valence-corrected chi connectivity index (χ4v) is 3.22. The summed E-state index contributed by atoms with van der Waals surface area (Å²) >= 11 is 0. The molecule has 0 spiro atoms. The van der Waals surface area contributed by atoms with Gasteiger partial charge in [0.1, 0.15) is 0 Å². The highest BCUT2D eigenvalue weighted by Gasteiger charge is 2.32. The van der Waals surface area contributed by atoms with Crippen molar-refractivity contribution in [2.24, 2.45) is 5.92 Å². The molecule has 4 heteroatoms. The molecular weight excluding hydrogens is 248 g/mol. The van der Waals surface area contributed by atoms with Gasteiger partial charge in [0.15, 0.2) is 0 Å². The molecule has 1 aromatic heterocycles.